The minimum absolute atomic E-state index is 0.623. The molecule has 1 fully saturated rings. The number of nitrogens with two attached hydrogens (primary N) is 1. The highest BCUT2D eigenvalue weighted by atomic mass is 15.3. The first kappa shape index (κ1) is 8.77. The molecule has 2 N–H and O–H groups in total. The van der Waals surface area contributed by atoms with E-state index in [9.17, 15) is 0 Å². The lowest BCUT2D eigenvalue weighted by molar-refractivity contribution is 0.291. The largest absolute Gasteiger partial charge is 0.399 e. The topological polar surface area (TPSA) is 43.8 Å². The van der Waals surface area contributed by atoms with E-state index in [0.717, 1.165) is 11.2 Å². The second-order valence-corrected chi connectivity index (χ2v) is 4.46. The molecule has 0 atom stereocenters. The van der Waals surface area contributed by atoms with Crippen LogP contribution in [0.2, 0.25) is 0 Å². The van der Waals surface area contributed by atoms with Crippen LogP contribution in [-0.2, 0) is 0 Å². The summed E-state index contributed by atoms with van der Waals surface area (Å²) in [6, 6.07) is 4.59. The molecule has 1 heterocycles. The molecule has 3 nitrogen and oxygen atoms in total. The van der Waals surface area contributed by atoms with Crippen molar-refractivity contribution < 1.29 is 0 Å². The highest BCUT2D eigenvalue weighted by molar-refractivity contribution is 5.84. The van der Waals surface area contributed by atoms with Crippen molar-refractivity contribution in [1.29, 1.82) is 0 Å². The third kappa shape index (κ3) is 1.30. The van der Waals surface area contributed by atoms with Crippen LogP contribution < -0.4 is 5.73 Å². The zero-order valence-corrected chi connectivity index (χ0v) is 8.90. The number of hydrogen-bond donors (Lipinski definition) is 1. The highest BCUT2D eigenvalue weighted by Crippen LogP contribution is 2.32. The van der Waals surface area contributed by atoms with Crippen LogP contribution in [0.15, 0.2) is 18.3 Å². The van der Waals surface area contributed by atoms with E-state index in [-0.39, 0.29) is 0 Å². The Morgan fingerprint density at radius 2 is 2.20 bits per heavy atom. The molecule has 1 aromatic carbocycles. The maximum atomic E-state index is 5.81. The number of aromatic nitrogens is 2. The molecule has 78 valence electrons. The summed E-state index contributed by atoms with van der Waals surface area (Å²) >= 11 is 0. The number of hydrogen-bond acceptors (Lipinski definition) is 2. The van der Waals surface area contributed by atoms with Crippen LogP contribution in [0, 0.1) is 6.92 Å². The van der Waals surface area contributed by atoms with Gasteiger partial charge in [0.05, 0.1) is 11.6 Å². The van der Waals surface area contributed by atoms with Crippen LogP contribution in [0.3, 0.4) is 0 Å². The van der Waals surface area contributed by atoms with E-state index in [1.54, 1.807) is 0 Å². The van der Waals surface area contributed by atoms with Gasteiger partial charge in [-0.25, -0.2) is 0 Å². The molecule has 0 amide bonds. The minimum atomic E-state index is 0.623. The van der Waals surface area contributed by atoms with Crippen LogP contribution in [0.4, 0.5) is 5.69 Å². The molecule has 0 spiro atoms. The number of nitrogens with zero attached hydrogens (tertiary/aromatic N) is 2. The van der Waals surface area contributed by atoms with Gasteiger partial charge < -0.3 is 5.73 Å². The van der Waals surface area contributed by atoms with Gasteiger partial charge in [-0.1, -0.05) is 0 Å². The monoisotopic (exact) mass is 201 g/mol. The molecule has 1 aliphatic rings. The molecule has 0 aliphatic heterocycles. The van der Waals surface area contributed by atoms with Gasteiger partial charge in [-0.2, -0.15) is 5.10 Å². The average molecular weight is 201 g/mol. The van der Waals surface area contributed by atoms with Crippen LogP contribution in [0.25, 0.3) is 10.9 Å². The molecule has 0 saturated heterocycles. The molecule has 3 heteroatoms. The molecular formula is C12H15N3. The Labute approximate surface area is 88.9 Å². The number of rotatable bonds is 1. The van der Waals surface area contributed by atoms with Gasteiger partial charge in [0.15, 0.2) is 0 Å². The Kier molecular flexibility index (Phi) is 1.75. The molecule has 1 aliphatic carbocycles. The van der Waals surface area contributed by atoms with Gasteiger partial charge in [0.2, 0.25) is 0 Å². The molecule has 1 saturated carbocycles. The Morgan fingerprint density at radius 1 is 1.40 bits per heavy atom. The maximum absolute atomic E-state index is 5.81. The van der Waals surface area contributed by atoms with Crippen LogP contribution in [-0.4, -0.2) is 9.78 Å². The Morgan fingerprint density at radius 3 is 2.87 bits per heavy atom. The van der Waals surface area contributed by atoms with Gasteiger partial charge in [-0.05, 0) is 43.9 Å². The lowest BCUT2D eigenvalue weighted by atomic mass is 9.93. The van der Waals surface area contributed by atoms with Gasteiger partial charge in [-0.15, -0.1) is 0 Å². The SMILES string of the molecule is Cc1cc(N)cc2nn(C3CCC3)cc12. The van der Waals surface area contributed by atoms with Crippen molar-refractivity contribution >= 4 is 16.6 Å². The summed E-state index contributed by atoms with van der Waals surface area (Å²) in [5.41, 5.74) is 8.86. The van der Waals surface area contributed by atoms with Crippen molar-refractivity contribution in [3.63, 3.8) is 0 Å². The number of benzene rings is 1. The fourth-order valence-corrected chi connectivity index (χ4v) is 2.18. The zero-order valence-electron chi connectivity index (χ0n) is 8.90. The normalized spacial score (nSPS) is 16.9. The summed E-state index contributed by atoms with van der Waals surface area (Å²) in [6.45, 7) is 2.09. The zero-order chi connectivity index (χ0) is 10.4. The fraction of sp³-hybridized carbons (Fsp3) is 0.417. The van der Waals surface area contributed by atoms with E-state index in [1.165, 1.54) is 30.2 Å². The third-order valence-corrected chi connectivity index (χ3v) is 3.32. The molecular weight excluding hydrogens is 186 g/mol. The summed E-state index contributed by atoms with van der Waals surface area (Å²) in [6.07, 6.45) is 6.03. The smallest absolute Gasteiger partial charge is 0.0946 e. The van der Waals surface area contributed by atoms with Crippen LogP contribution in [0.5, 0.6) is 0 Å². The predicted octanol–water partition coefficient (Wildman–Crippen LogP) is 2.65. The summed E-state index contributed by atoms with van der Waals surface area (Å²) in [5, 5.41) is 5.83. The Hall–Kier alpha value is -1.51. The summed E-state index contributed by atoms with van der Waals surface area (Å²) in [7, 11) is 0. The molecule has 2 aromatic rings. The first-order valence-electron chi connectivity index (χ1n) is 5.49. The van der Waals surface area contributed by atoms with E-state index in [1.807, 2.05) is 12.1 Å². The second kappa shape index (κ2) is 2.99. The predicted molar refractivity (Wildman–Crippen MR) is 61.8 cm³/mol. The van der Waals surface area contributed by atoms with Crippen molar-refractivity contribution in [3.8, 4) is 0 Å². The van der Waals surface area contributed by atoms with Gasteiger partial charge in [0.25, 0.3) is 0 Å². The first-order chi connectivity index (χ1) is 7.24. The van der Waals surface area contributed by atoms with Gasteiger partial charge in [0.1, 0.15) is 0 Å². The minimum Gasteiger partial charge on any atom is -0.399 e. The van der Waals surface area contributed by atoms with Crippen LogP contribution in [0.1, 0.15) is 30.9 Å². The van der Waals surface area contributed by atoms with Crippen LogP contribution >= 0.6 is 0 Å². The van der Waals surface area contributed by atoms with Gasteiger partial charge in [-0.3, -0.25) is 4.68 Å². The number of aryl methyl sites for hydroxylation is 1. The Balaban J connectivity index is 2.16. The van der Waals surface area contributed by atoms with Gasteiger partial charge in [0, 0.05) is 17.3 Å². The van der Waals surface area contributed by atoms with E-state index < -0.39 is 0 Å². The molecule has 0 radical (unpaired) electrons. The number of fused-ring (bicyclic) bond motifs is 1. The quantitative estimate of drug-likeness (QED) is 0.721. The Bertz CT molecular complexity index is 509. The average Bonchev–Trinajstić information content (AvgIpc) is 2.44. The molecule has 3 rings (SSSR count). The maximum Gasteiger partial charge on any atom is 0.0946 e. The standard InChI is InChI=1S/C12H15N3/c1-8-5-9(13)6-12-11(8)7-15(14-12)10-3-2-4-10/h5-7,10H,2-4,13H2,1H3. The lowest BCUT2D eigenvalue weighted by Crippen LogP contribution is -2.17. The third-order valence-electron chi connectivity index (χ3n) is 3.32. The lowest BCUT2D eigenvalue weighted by Gasteiger charge is -2.25. The van der Waals surface area contributed by atoms with E-state index in [2.05, 4.69) is 22.9 Å². The molecule has 15 heavy (non-hydrogen) atoms. The van der Waals surface area contributed by atoms with Crippen molar-refractivity contribution in [2.24, 2.45) is 0 Å². The highest BCUT2D eigenvalue weighted by Gasteiger charge is 2.20. The van der Waals surface area contributed by atoms with Crippen molar-refractivity contribution in [1.82, 2.24) is 9.78 Å². The van der Waals surface area contributed by atoms with Gasteiger partial charge >= 0.3 is 0 Å². The molecule has 1 aromatic heterocycles. The summed E-state index contributed by atoms with van der Waals surface area (Å²) in [4.78, 5) is 0. The summed E-state index contributed by atoms with van der Waals surface area (Å²) < 4.78 is 2.11. The van der Waals surface area contributed by atoms with Crippen molar-refractivity contribution in [2.75, 3.05) is 5.73 Å². The second-order valence-electron chi connectivity index (χ2n) is 4.46. The first-order valence-corrected chi connectivity index (χ1v) is 5.49. The fourth-order valence-electron chi connectivity index (χ4n) is 2.18. The molecule has 0 unspecified atom stereocenters. The van der Waals surface area contributed by atoms with E-state index in [0.29, 0.717) is 6.04 Å². The van der Waals surface area contributed by atoms with E-state index >= 15 is 0 Å². The van der Waals surface area contributed by atoms with Crippen molar-refractivity contribution in [2.45, 2.75) is 32.2 Å². The van der Waals surface area contributed by atoms with Crippen molar-refractivity contribution in [3.05, 3.63) is 23.9 Å². The van der Waals surface area contributed by atoms with E-state index in [4.69, 9.17) is 5.73 Å². The molecule has 0 bridgehead atoms. The summed E-state index contributed by atoms with van der Waals surface area (Å²) in [5.74, 6) is 0. The number of anilines is 1. The number of nitrogen functional groups attached to an aromatic ring is 1.